The number of carbonyl (C=O) groups excluding carboxylic acids is 1. The number of carbonyl (C=O) groups is 1. The monoisotopic (exact) mass is 306 g/mol. The highest BCUT2D eigenvalue weighted by molar-refractivity contribution is 5.99. The fourth-order valence-corrected chi connectivity index (χ4v) is 1.89. The van der Waals surface area contributed by atoms with Gasteiger partial charge in [-0.1, -0.05) is 6.07 Å². The molecular weight excluding hydrogens is 290 g/mol. The minimum Gasteiger partial charge on any atom is -0.397 e. The number of nitrogens with two attached hydrogens (primary N) is 1. The van der Waals surface area contributed by atoms with E-state index in [0.717, 1.165) is 12.1 Å². The summed E-state index contributed by atoms with van der Waals surface area (Å²) in [6.07, 6.45) is 1.45. The van der Waals surface area contributed by atoms with E-state index in [0.29, 0.717) is 29.2 Å². The average molecular weight is 306 g/mol. The maximum Gasteiger partial charge on any atom is 0.255 e. The highest BCUT2D eigenvalue weighted by Gasteiger charge is 2.13. The van der Waals surface area contributed by atoms with E-state index in [1.54, 1.807) is 0 Å². The third-order valence-corrected chi connectivity index (χ3v) is 2.93. The molecular formula is C15H16F2N4O. The van der Waals surface area contributed by atoms with Gasteiger partial charge in [-0.05, 0) is 30.7 Å². The third-order valence-electron chi connectivity index (χ3n) is 2.93. The molecule has 0 aliphatic rings. The largest absolute Gasteiger partial charge is 0.397 e. The maximum atomic E-state index is 13.1. The molecule has 0 radical (unpaired) electrons. The Balaban J connectivity index is 2.11. The molecule has 2 rings (SSSR count). The van der Waals surface area contributed by atoms with Crippen LogP contribution in [0.25, 0.3) is 0 Å². The molecule has 0 saturated carbocycles. The molecule has 0 fully saturated rings. The van der Waals surface area contributed by atoms with Crippen molar-refractivity contribution in [2.75, 3.05) is 17.6 Å². The summed E-state index contributed by atoms with van der Waals surface area (Å²) in [6, 6.07) is 4.97. The first-order valence-corrected chi connectivity index (χ1v) is 6.72. The van der Waals surface area contributed by atoms with Crippen LogP contribution in [-0.2, 0) is 6.54 Å². The molecule has 0 unspecified atom stereocenters. The first kappa shape index (κ1) is 15.7. The Morgan fingerprint density at radius 3 is 2.73 bits per heavy atom. The number of nitrogens with one attached hydrogen (secondary N) is 2. The number of nitrogen functional groups attached to an aromatic ring is 1. The number of halogens is 2. The van der Waals surface area contributed by atoms with Crippen molar-refractivity contribution in [3.8, 4) is 0 Å². The Kier molecular flexibility index (Phi) is 4.88. The number of hydrogen-bond donors (Lipinski definition) is 3. The van der Waals surface area contributed by atoms with E-state index in [1.165, 1.54) is 18.3 Å². The summed E-state index contributed by atoms with van der Waals surface area (Å²) >= 11 is 0. The van der Waals surface area contributed by atoms with Crippen molar-refractivity contribution < 1.29 is 13.6 Å². The van der Waals surface area contributed by atoms with Gasteiger partial charge in [-0.15, -0.1) is 0 Å². The van der Waals surface area contributed by atoms with E-state index in [1.807, 2.05) is 6.92 Å². The summed E-state index contributed by atoms with van der Waals surface area (Å²) in [4.78, 5) is 16.3. The molecule has 22 heavy (non-hydrogen) atoms. The Morgan fingerprint density at radius 2 is 2.05 bits per heavy atom. The molecule has 1 aromatic heterocycles. The van der Waals surface area contributed by atoms with E-state index in [-0.39, 0.29) is 6.54 Å². The molecule has 0 atom stereocenters. The molecule has 0 aliphatic carbocycles. The normalized spacial score (nSPS) is 10.3. The van der Waals surface area contributed by atoms with E-state index < -0.39 is 17.5 Å². The molecule has 1 heterocycles. The van der Waals surface area contributed by atoms with Crippen molar-refractivity contribution in [3.05, 3.63) is 53.2 Å². The predicted molar refractivity (Wildman–Crippen MR) is 80.3 cm³/mol. The number of aromatic nitrogens is 1. The average Bonchev–Trinajstić information content (AvgIpc) is 2.50. The van der Waals surface area contributed by atoms with Crippen LogP contribution in [0.3, 0.4) is 0 Å². The van der Waals surface area contributed by atoms with E-state index in [2.05, 4.69) is 15.6 Å². The van der Waals surface area contributed by atoms with Crippen molar-refractivity contribution in [1.29, 1.82) is 0 Å². The smallest absolute Gasteiger partial charge is 0.255 e. The first-order valence-electron chi connectivity index (χ1n) is 6.72. The van der Waals surface area contributed by atoms with Crippen LogP contribution in [0.1, 0.15) is 22.8 Å². The van der Waals surface area contributed by atoms with Crippen LogP contribution in [0.4, 0.5) is 20.3 Å². The number of rotatable bonds is 5. The summed E-state index contributed by atoms with van der Waals surface area (Å²) in [5.41, 5.74) is 6.75. The van der Waals surface area contributed by atoms with Gasteiger partial charge in [-0.25, -0.2) is 13.8 Å². The second-order valence-corrected chi connectivity index (χ2v) is 4.63. The zero-order valence-corrected chi connectivity index (χ0v) is 12.0. The molecule has 0 spiro atoms. The van der Waals surface area contributed by atoms with Gasteiger partial charge in [0.25, 0.3) is 5.91 Å². The molecule has 0 aliphatic heterocycles. The van der Waals surface area contributed by atoms with Crippen molar-refractivity contribution in [3.63, 3.8) is 0 Å². The van der Waals surface area contributed by atoms with E-state index >= 15 is 0 Å². The fraction of sp³-hybridized carbons (Fsp3) is 0.200. The quantitative estimate of drug-likeness (QED) is 0.792. The van der Waals surface area contributed by atoms with Gasteiger partial charge in [0, 0.05) is 13.1 Å². The summed E-state index contributed by atoms with van der Waals surface area (Å²) in [5.74, 6) is -1.87. The fourth-order valence-electron chi connectivity index (χ4n) is 1.89. The topological polar surface area (TPSA) is 80.0 Å². The molecule has 0 saturated heterocycles. The zero-order chi connectivity index (χ0) is 16.1. The van der Waals surface area contributed by atoms with E-state index in [4.69, 9.17) is 5.73 Å². The summed E-state index contributed by atoms with van der Waals surface area (Å²) < 4.78 is 26.0. The number of benzene rings is 1. The van der Waals surface area contributed by atoms with Crippen molar-refractivity contribution in [2.45, 2.75) is 13.5 Å². The van der Waals surface area contributed by atoms with Gasteiger partial charge in [0.1, 0.15) is 5.82 Å². The first-order chi connectivity index (χ1) is 10.5. The van der Waals surface area contributed by atoms with Gasteiger partial charge in [-0.2, -0.15) is 0 Å². The number of hydrogen-bond acceptors (Lipinski definition) is 4. The highest BCUT2D eigenvalue weighted by Crippen LogP contribution is 2.16. The van der Waals surface area contributed by atoms with Crippen LogP contribution in [0.5, 0.6) is 0 Å². The molecule has 2 aromatic rings. The third kappa shape index (κ3) is 3.69. The highest BCUT2D eigenvalue weighted by atomic mass is 19.2. The Labute approximate surface area is 126 Å². The van der Waals surface area contributed by atoms with Crippen molar-refractivity contribution >= 4 is 17.4 Å². The van der Waals surface area contributed by atoms with Gasteiger partial charge in [0.15, 0.2) is 11.6 Å². The van der Waals surface area contributed by atoms with Crippen molar-refractivity contribution in [2.24, 2.45) is 0 Å². The summed E-state index contributed by atoms with van der Waals surface area (Å²) in [5, 5.41) is 5.59. The molecule has 0 bridgehead atoms. The number of amides is 1. The summed E-state index contributed by atoms with van der Waals surface area (Å²) in [6.45, 7) is 2.54. The molecule has 1 amide bonds. The lowest BCUT2D eigenvalue weighted by Crippen LogP contribution is -2.24. The SMILES string of the molecule is CCNc1ncc(N)cc1C(=O)NCc1ccc(F)c(F)c1. The second kappa shape index (κ2) is 6.84. The zero-order valence-electron chi connectivity index (χ0n) is 12.0. The Hall–Kier alpha value is -2.70. The van der Waals surface area contributed by atoms with Crippen LogP contribution >= 0.6 is 0 Å². The summed E-state index contributed by atoms with van der Waals surface area (Å²) in [7, 11) is 0. The van der Waals surface area contributed by atoms with Crippen molar-refractivity contribution in [1.82, 2.24) is 10.3 Å². The molecule has 4 N–H and O–H groups in total. The van der Waals surface area contributed by atoms with Crippen LogP contribution in [0.15, 0.2) is 30.5 Å². The molecule has 116 valence electrons. The van der Waals surface area contributed by atoms with Gasteiger partial charge in [0.2, 0.25) is 0 Å². The maximum absolute atomic E-state index is 13.1. The number of anilines is 2. The van der Waals surface area contributed by atoms with E-state index in [9.17, 15) is 13.6 Å². The van der Waals surface area contributed by atoms with Crippen LogP contribution in [0.2, 0.25) is 0 Å². The predicted octanol–water partition coefficient (Wildman–Crippen LogP) is 2.30. The van der Waals surface area contributed by atoms with Gasteiger partial charge < -0.3 is 16.4 Å². The van der Waals surface area contributed by atoms with Gasteiger partial charge >= 0.3 is 0 Å². The van der Waals surface area contributed by atoms with Gasteiger partial charge in [0.05, 0.1) is 17.4 Å². The number of nitrogens with zero attached hydrogens (tertiary/aromatic N) is 1. The standard InChI is InChI=1S/C15H16F2N4O/c1-2-19-14-11(6-10(18)8-20-14)15(22)21-7-9-3-4-12(16)13(17)5-9/h3-6,8H,2,7,18H2,1H3,(H,19,20)(H,21,22). The van der Waals surface area contributed by atoms with Crippen LogP contribution in [0, 0.1) is 11.6 Å². The van der Waals surface area contributed by atoms with Crippen LogP contribution < -0.4 is 16.4 Å². The molecule has 1 aromatic carbocycles. The number of pyridine rings is 1. The Morgan fingerprint density at radius 1 is 1.27 bits per heavy atom. The molecule has 5 nitrogen and oxygen atoms in total. The second-order valence-electron chi connectivity index (χ2n) is 4.63. The lowest BCUT2D eigenvalue weighted by atomic mass is 10.2. The Bertz CT molecular complexity index is 691. The minimum absolute atomic E-state index is 0.0659. The van der Waals surface area contributed by atoms with Crippen LogP contribution in [-0.4, -0.2) is 17.4 Å². The molecule has 7 heteroatoms. The minimum atomic E-state index is -0.953. The lowest BCUT2D eigenvalue weighted by molar-refractivity contribution is 0.0951. The lowest BCUT2D eigenvalue weighted by Gasteiger charge is -2.11. The van der Waals surface area contributed by atoms with Gasteiger partial charge in [-0.3, -0.25) is 4.79 Å².